The Kier molecular flexibility index (Phi) is 6.11. The fourth-order valence-corrected chi connectivity index (χ4v) is 1.15. The van der Waals surface area contributed by atoms with Crippen LogP contribution in [-0.4, -0.2) is 25.9 Å². The summed E-state index contributed by atoms with van der Waals surface area (Å²) in [6.45, 7) is 3.46. The molecule has 0 spiro atoms. The van der Waals surface area contributed by atoms with E-state index in [0.29, 0.717) is 18.9 Å². The maximum atomic E-state index is 11.7. The first-order valence-electron chi connectivity index (χ1n) is 4.71. The molecule has 0 aliphatic rings. The van der Waals surface area contributed by atoms with Gasteiger partial charge in [-0.15, -0.1) is 0 Å². The van der Waals surface area contributed by atoms with Crippen LogP contribution in [0.1, 0.15) is 20.3 Å². The Bertz CT molecular complexity index is 147. The molecule has 0 rings (SSSR count). The molecule has 0 aromatic carbocycles. The molecular formula is C9H18F3NO. The number of hydrogen-bond acceptors (Lipinski definition) is 2. The summed E-state index contributed by atoms with van der Waals surface area (Å²) in [6.07, 6.45) is -3.64. The lowest BCUT2D eigenvalue weighted by Crippen LogP contribution is -2.23. The minimum absolute atomic E-state index is 0.125. The molecule has 0 fully saturated rings. The van der Waals surface area contributed by atoms with E-state index in [0.717, 1.165) is 0 Å². The van der Waals surface area contributed by atoms with E-state index in [2.05, 4.69) is 4.74 Å². The first kappa shape index (κ1) is 13.7. The van der Waals surface area contributed by atoms with E-state index in [4.69, 9.17) is 5.73 Å². The van der Waals surface area contributed by atoms with Crippen molar-refractivity contribution in [2.45, 2.75) is 26.4 Å². The molecule has 0 aromatic heterocycles. The smallest absolute Gasteiger partial charge is 0.372 e. The molecule has 86 valence electrons. The lowest BCUT2D eigenvalue weighted by molar-refractivity contribution is -0.174. The van der Waals surface area contributed by atoms with Crippen LogP contribution in [0.4, 0.5) is 13.2 Å². The molecular weight excluding hydrogens is 195 g/mol. The van der Waals surface area contributed by atoms with Crippen molar-refractivity contribution >= 4 is 0 Å². The van der Waals surface area contributed by atoms with Crippen molar-refractivity contribution in [3.05, 3.63) is 0 Å². The Morgan fingerprint density at radius 3 is 2.21 bits per heavy atom. The van der Waals surface area contributed by atoms with E-state index in [1.165, 1.54) is 0 Å². The van der Waals surface area contributed by atoms with Crippen molar-refractivity contribution in [2.75, 3.05) is 19.8 Å². The Morgan fingerprint density at radius 1 is 1.29 bits per heavy atom. The van der Waals surface area contributed by atoms with Gasteiger partial charge in [-0.25, -0.2) is 0 Å². The Hall–Kier alpha value is -0.290. The molecule has 0 bridgehead atoms. The van der Waals surface area contributed by atoms with E-state index in [1.54, 1.807) is 0 Å². The van der Waals surface area contributed by atoms with Crippen molar-refractivity contribution in [1.29, 1.82) is 0 Å². The number of hydrogen-bond donors (Lipinski definition) is 1. The second kappa shape index (κ2) is 6.24. The SMILES string of the molecule is CC(C)C(CN)CCOCC(F)(F)F. The summed E-state index contributed by atoms with van der Waals surface area (Å²) < 4.78 is 39.5. The molecule has 14 heavy (non-hydrogen) atoms. The maximum absolute atomic E-state index is 11.7. The standard InChI is InChI=1S/C9H18F3NO/c1-7(2)8(5-13)3-4-14-6-9(10,11)12/h7-8H,3-6,13H2,1-2H3. The van der Waals surface area contributed by atoms with Crippen LogP contribution in [0.2, 0.25) is 0 Å². The number of ether oxygens (including phenoxy) is 1. The van der Waals surface area contributed by atoms with Gasteiger partial charge in [0, 0.05) is 6.61 Å². The molecule has 0 saturated carbocycles. The molecule has 0 aromatic rings. The van der Waals surface area contributed by atoms with Crippen LogP contribution in [0.5, 0.6) is 0 Å². The third kappa shape index (κ3) is 7.15. The Morgan fingerprint density at radius 2 is 1.86 bits per heavy atom. The molecule has 0 amide bonds. The highest BCUT2D eigenvalue weighted by Crippen LogP contribution is 2.17. The molecule has 5 heteroatoms. The predicted molar refractivity (Wildman–Crippen MR) is 48.9 cm³/mol. The van der Waals surface area contributed by atoms with Crippen LogP contribution in [0, 0.1) is 11.8 Å². The second-order valence-corrected chi connectivity index (χ2v) is 3.70. The van der Waals surface area contributed by atoms with Gasteiger partial charge < -0.3 is 10.5 Å². The van der Waals surface area contributed by atoms with Gasteiger partial charge in [0.15, 0.2) is 0 Å². The monoisotopic (exact) mass is 213 g/mol. The summed E-state index contributed by atoms with van der Waals surface area (Å²) >= 11 is 0. The first-order chi connectivity index (χ1) is 6.37. The van der Waals surface area contributed by atoms with Crippen molar-refractivity contribution in [3.63, 3.8) is 0 Å². The molecule has 0 aliphatic heterocycles. The van der Waals surface area contributed by atoms with Gasteiger partial charge in [0.05, 0.1) is 0 Å². The maximum Gasteiger partial charge on any atom is 0.411 e. The molecule has 0 aliphatic carbocycles. The lowest BCUT2D eigenvalue weighted by Gasteiger charge is -2.18. The molecule has 2 N–H and O–H groups in total. The summed E-state index contributed by atoms with van der Waals surface area (Å²) in [4.78, 5) is 0. The van der Waals surface area contributed by atoms with Gasteiger partial charge in [0.1, 0.15) is 6.61 Å². The summed E-state index contributed by atoms with van der Waals surface area (Å²) in [7, 11) is 0. The highest BCUT2D eigenvalue weighted by atomic mass is 19.4. The normalized spacial score (nSPS) is 14.8. The van der Waals surface area contributed by atoms with Crippen LogP contribution >= 0.6 is 0 Å². The van der Waals surface area contributed by atoms with E-state index in [9.17, 15) is 13.2 Å². The zero-order valence-corrected chi connectivity index (χ0v) is 8.60. The average Bonchev–Trinajstić information content (AvgIpc) is 2.01. The quantitative estimate of drug-likeness (QED) is 0.686. The van der Waals surface area contributed by atoms with Gasteiger partial charge in [-0.2, -0.15) is 13.2 Å². The highest BCUT2D eigenvalue weighted by molar-refractivity contribution is 4.63. The van der Waals surface area contributed by atoms with E-state index in [-0.39, 0.29) is 12.5 Å². The Balaban J connectivity index is 3.52. The zero-order chi connectivity index (χ0) is 11.2. The molecule has 0 heterocycles. The summed E-state index contributed by atoms with van der Waals surface area (Å²) in [5, 5.41) is 0. The van der Waals surface area contributed by atoms with Crippen molar-refractivity contribution < 1.29 is 17.9 Å². The fraction of sp³-hybridized carbons (Fsp3) is 1.00. The zero-order valence-electron chi connectivity index (χ0n) is 8.60. The van der Waals surface area contributed by atoms with Gasteiger partial charge in [-0.05, 0) is 24.8 Å². The van der Waals surface area contributed by atoms with Gasteiger partial charge in [-0.1, -0.05) is 13.8 Å². The largest absolute Gasteiger partial charge is 0.411 e. The van der Waals surface area contributed by atoms with Crippen molar-refractivity contribution in [3.8, 4) is 0 Å². The van der Waals surface area contributed by atoms with Crippen LogP contribution in [0.25, 0.3) is 0 Å². The summed E-state index contributed by atoms with van der Waals surface area (Å²) in [6, 6.07) is 0. The van der Waals surface area contributed by atoms with Gasteiger partial charge in [0.2, 0.25) is 0 Å². The fourth-order valence-electron chi connectivity index (χ4n) is 1.15. The summed E-state index contributed by atoms with van der Waals surface area (Å²) in [5.41, 5.74) is 5.46. The molecule has 1 unspecified atom stereocenters. The molecule has 0 radical (unpaired) electrons. The molecule has 1 atom stereocenters. The van der Waals surface area contributed by atoms with Gasteiger partial charge in [0.25, 0.3) is 0 Å². The number of halogens is 3. The minimum atomic E-state index is -4.23. The average molecular weight is 213 g/mol. The van der Waals surface area contributed by atoms with Crippen LogP contribution in [0.15, 0.2) is 0 Å². The molecule has 0 saturated heterocycles. The summed E-state index contributed by atoms with van der Waals surface area (Å²) in [5.74, 6) is 0.623. The van der Waals surface area contributed by atoms with Crippen LogP contribution in [-0.2, 0) is 4.74 Å². The Labute approximate surface area is 82.6 Å². The number of rotatable bonds is 6. The molecule has 2 nitrogen and oxygen atoms in total. The van der Waals surface area contributed by atoms with E-state index < -0.39 is 12.8 Å². The third-order valence-electron chi connectivity index (χ3n) is 2.14. The van der Waals surface area contributed by atoms with E-state index >= 15 is 0 Å². The minimum Gasteiger partial charge on any atom is -0.372 e. The van der Waals surface area contributed by atoms with Crippen molar-refractivity contribution in [1.82, 2.24) is 0 Å². The van der Waals surface area contributed by atoms with Crippen molar-refractivity contribution in [2.24, 2.45) is 17.6 Å². The van der Waals surface area contributed by atoms with E-state index in [1.807, 2.05) is 13.8 Å². The number of alkyl halides is 3. The second-order valence-electron chi connectivity index (χ2n) is 3.70. The predicted octanol–water partition coefficient (Wildman–Crippen LogP) is 2.19. The van der Waals surface area contributed by atoms with Crippen LogP contribution in [0.3, 0.4) is 0 Å². The van der Waals surface area contributed by atoms with Gasteiger partial charge >= 0.3 is 6.18 Å². The number of nitrogens with two attached hydrogens (primary N) is 1. The topological polar surface area (TPSA) is 35.2 Å². The van der Waals surface area contributed by atoms with Gasteiger partial charge in [-0.3, -0.25) is 0 Å². The van der Waals surface area contributed by atoms with Crippen LogP contribution < -0.4 is 5.73 Å². The highest BCUT2D eigenvalue weighted by Gasteiger charge is 2.27. The lowest BCUT2D eigenvalue weighted by atomic mass is 9.93. The third-order valence-corrected chi connectivity index (χ3v) is 2.14. The first-order valence-corrected chi connectivity index (χ1v) is 4.71.